The molecule has 5 heteroatoms. The molecule has 1 aliphatic heterocycles. The Hall–Kier alpha value is -2.53. The predicted molar refractivity (Wildman–Crippen MR) is 114 cm³/mol. The van der Waals surface area contributed by atoms with Gasteiger partial charge in [-0.3, -0.25) is 4.79 Å². The summed E-state index contributed by atoms with van der Waals surface area (Å²) in [4.78, 5) is 16.8. The summed E-state index contributed by atoms with van der Waals surface area (Å²) in [5.74, 6) is 1.17. The van der Waals surface area contributed by atoms with Gasteiger partial charge in [-0.2, -0.15) is 0 Å². The molecule has 0 radical (unpaired) electrons. The average Bonchev–Trinajstić information content (AvgIpc) is 2.74. The summed E-state index contributed by atoms with van der Waals surface area (Å²) < 4.78 is 5.37. The van der Waals surface area contributed by atoms with Crippen LogP contribution in [0, 0.1) is 6.92 Å². The standard InChI is InChI=1S/C23H31N3O2/c1-19-6-5-8-21(18-19)25-14-16-26(17-15-25)23(27)11-13-24-12-10-20-7-3-4-9-22(20)28-2/h3-9,18,24H,10-17H2,1-2H3. The molecular formula is C23H31N3O2. The number of piperazine rings is 1. The quantitative estimate of drug-likeness (QED) is 0.714. The Labute approximate surface area is 168 Å². The Morgan fingerprint density at radius 1 is 1.04 bits per heavy atom. The highest BCUT2D eigenvalue weighted by atomic mass is 16.5. The molecule has 0 aliphatic carbocycles. The van der Waals surface area contributed by atoms with Crippen molar-refractivity contribution in [3.63, 3.8) is 0 Å². The number of hydrogen-bond acceptors (Lipinski definition) is 4. The van der Waals surface area contributed by atoms with Crippen LogP contribution in [0.3, 0.4) is 0 Å². The van der Waals surface area contributed by atoms with Gasteiger partial charge in [0.25, 0.3) is 0 Å². The summed E-state index contributed by atoms with van der Waals surface area (Å²) in [5.41, 5.74) is 3.72. The number of hydrogen-bond donors (Lipinski definition) is 1. The van der Waals surface area contributed by atoms with Crippen molar-refractivity contribution in [2.24, 2.45) is 0 Å². The first kappa shape index (κ1) is 20.2. The molecule has 1 N–H and O–H groups in total. The van der Waals surface area contributed by atoms with Gasteiger partial charge in [0.1, 0.15) is 5.75 Å². The highest BCUT2D eigenvalue weighted by Crippen LogP contribution is 2.18. The predicted octanol–water partition coefficient (Wildman–Crippen LogP) is 2.87. The molecule has 1 aliphatic rings. The van der Waals surface area contributed by atoms with Crippen molar-refractivity contribution >= 4 is 11.6 Å². The smallest absolute Gasteiger partial charge is 0.223 e. The zero-order valence-electron chi connectivity index (χ0n) is 17.0. The van der Waals surface area contributed by atoms with E-state index in [-0.39, 0.29) is 5.91 Å². The minimum absolute atomic E-state index is 0.244. The number of rotatable bonds is 8. The number of anilines is 1. The number of carbonyl (C=O) groups is 1. The SMILES string of the molecule is COc1ccccc1CCNCCC(=O)N1CCN(c2cccc(C)c2)CC1. The minimum Gasteiger partial charge on any atom is -0.496 e. The molecule has 0 spiro atoms. The zero-order valence-corrected chi connectivity index (χ0v) is 17.0. The van der Waals surface area contributed by atoms with Gasteiger partial charge in [-0.25, -0.2) is 0 Å². The molecule has 5 nitrogen and oxygen atoms in total. The lowest BCUT2D eigenvalue weighted by atomic mass is 10.1. The second kappa shape index (κ2) is 10.1. The largest absolute Gasteiger partial charge is 0.496 e. The molecule has 28 heavy (non-hydrogen) atoms. The molecule has 1 fully saturated rings. The van der Waals surface area contributed by atoms with Gasteiger partial charge >= 0.3 is 0 Å². The van der Waals surface area contributed by atoms with Crippen molar-refractivity contribution in [1.82, 2.24) is 10.2 Å². The fraction of sp³-hybridized carbons (Fsp3) is 0.435. The Kier molecular flexibility index (Phi) is 7.31. The van der Waals surface area contributed by atoms with Gasteiger partial charge in [0, 0.05) is 44.8 Å². The summed E-state index contributed by atoms with van der Waals surface area (Å²) in [7, 11) is 1.70. The second-order valence-electron chi connectivity index (χ2n) is 7.27. The number of ether oxygens (including phenoxy) is 1. The Bertz CT molecular complexity index is 770. The van der Waals surface area contributed by atoms with Gasteiger partial charge in [0.15, 0.2) is 0 Å². The molecule has 0 unspecified atom stereocenters. The molecule has 1 heterocycles. The third-order valence-corrected chi connectivity index (χ3v) is 5.28. The normalized spacial score (nSPS) is 14.2. The Balaban J connectivity index is 1.35. The van der Waals surface area contributed by atoms with Crippen LogP contribution in [-0.4, -0.2) is 57.2 Å². The van der Waals surface area contributed by atoms with Crippen LogP contribution in [0.1, 0.15) is 17.5 Å². The number of amides is 1. The summed E-state index contributed by atoms with van der Waals surface area (Å²) in [6, 6.07) is 16.6. The van der Waals surface area contributed by atoms with Crippen molar-refractivity contribution in [3.05, 3.63) is 59.7 Å². The monoisotopic (exact) mass is 381 g/mol. The zero-order chi connectivity index (χ0) is 19.8. The van der Waals surface area contributed by atoms with Gasteiger partial charge in [0.05, 0.1) is 7.11 Å². The van der Waals surface area contributed by atoms with Crippen molar-refractivity contribution in [1.29, 1.82) is 0 Å². The van der Waals surface area contributed by atoms with Gasteiger partial charge < -0.3 is 19.9 Å². The highest BCUT2D eigenvalue weighted by molar-refractivity contribution is 5.76. The number of nitrogens with one attached hydrogen (secondary N) is 1. The van der Waals surface area contributed by atoms with Crippen LogP contribution >= 0.6 is 0 Å². The lowest BCUT2D eigenvalue weighted by molar-refractivity contribution is -0.131. The van der Waals surface area contributed by atoms with E-state index >= 15 is 0 Å². The van der Waals surface area contributed by atoms with Crippen LogP contribution in [0.5, 0.6) is 5.75 Å². The van der Waals surface area contributed by atoms with E-state index in [0.717, 1.165) is 44.9 Å². The highest BCUT2D eigenvalue weighted by Gasteiger charge is 2.20. The fourth-order valence-electron chi connectivity index (χ4n) is 3.65. The van der Waals surface area contributed by atoms with Gasteiger partial charge in [0.2, 0.25) is 5.91 Å². The summed E-state index contributed by atoms with van der Waals surface area (Å²) in [6.07, 6.45) is 1.45. The van der Waals surface area contributed by atoms with Crippen LogP contribution in [0.25, 0.3) is 0 Å². The third kappa shape index (κ3) is 5.49. The van der Waals surface area contributed by atoms with E-state index in [4.69, 9.17) is 4.74 Å². The number of benzene rings is 2. The maximum Gasteiger partial charge on any atom is 0.223 e. The molecular weight excluding hydrogens is 350 g/mol. The first-order valence-electron chi connectivity index (χ1n) is 10.1. The van der Waals surface area contributed by atoms with Crippen LogP contribution in [-0.2, 0) is 11.2 Å². The Morgan fingerprint density at radius 3 is 2.57 bits per heavy atom. The van der Waals surface area contributed by atoms with Crippen molar-refractivity contribution in [2.45, 2.75) is 19.8 Å². The van der Waals surface area contributed by atoms with E-state index in [9.17, 15) is 4.79 Å². The van der Waals surface area contributed by atoms with Crippen molar-refractivity contribution < 1.29 is 9.53 Å². The van der Waals surface area contributed by atoms with E-state index in [2.05, 4.69) is 47.5 Å². The Morgan fingerprint density at radius 2 is 1.82 bits per heavy atom. The molecule has 3 rings (SSSR count). The molecule has 0 bridgehead atoms. The molecule has 1 amide bonds. The lowest BCUT2D eigenvalue weighted by Gasteiger charge is -2.36. The number of methoxy groups -OCH3 is 1. The third-order valence-electron chi connectivity index (χ3n) is 5.28. The van der Waals surface area contributed by atoms with Crippen LogP contribution in [0.2, 0.25) is 0 Å². The fourth-order valence-corrected chi connectivity index (χ4v) is 3.65. The van der Waals surface area contributed by atoms with Gasteiger partial charge in [-0.05, 0) is 49.2 Å². The minimum atomic E-state index is 0.244. The number of para-hydroxylation sites is 1. The molecule has 150 valence electrons. The first-order valence-corrected chi connectivity index (χ1v) is 10.1. The van der Waals surface area contributed by atoms with Crippen molar-refractivity contribution in [2.75, 3.05) is 51.3 Å². The van der Waals surface area contributed by atoms with Gasteiger partial charge in [-0.15, -0.1) is 0 Å². The van der Waals surface area contributed by atoms with Crippen LogP contribution < -0.4 is 15.0 Å². The number of carbonyl (C=O) groups excluding carboxylic acids is 1. The van der Waals surface area contributed by atoms with E-state index < -0.39 is 0 Å². The summed E-state index contributed by atoms with van der Waals surface area (Å²) >= 11 is 0. The average molecular weight is 382 g/mol. The van der Waals surface area contributed by atoms with Gasteiger partial charge in [-0.1, -0.05) is 30.3 Å². The maximum absolute atomic E-state index is 12.5. The van der Waals surface area contributed by atoms with E-state index in [1.54, 1.807) is 7.11 Å². The second-order valence-corrected chi connectivity index (χ2v) is 7.27. The van der Waals surface area contributed by atoms with Crippen LogP contribution in [0.4, 0.5) is 5.69 Å². The summed E-state index contributed by atoms with van der Waals surface area (Å²) in [6.45, 7) is 7.07. The van der Waals surface area contributed by atoms with E-state index in [1.807, 2.05) is 23.1 Å². The van der Waals surface area contributed by atoms with E-state index in [0.29, 0.717) is 13.0 Å². The maximum atomic E-state index is 12.5. The molecule has 1 saturated heterocycles. The molecule has 2 aromatic rings. The van der Waals surface area contributed by atoms with Crippen molar-refractivity contribution in [3.8, 4) is 5.75 Å². The first-order chi connectivity index (χ1) is 13.7. The molecule has 2 aromatic carbocycles. The topological polar surface area (TPSA) is 44.8 Å². The molecule has 0 saturated carbocycles. The number of nitrogens with zero attached hydrogens (tertiary/aromatic N) is 2. The molecule has 0 aromatic heterocycles. The van der Waals surface area contributed by atoms with Crippen LogP contribution in [0.15, 0.2) is 48.5 Å². The number of aryl methyl sites for hydroxylation is 1. The van der Waals surface area contributed by atoms with E-state index in [1.165, 1.54) is 16.8 Å². The lowest BCUT2D eigenvalue weighted by Crippen LogP contribution is -2.49. The summed E-state index contributed by atoms with van der Waals surface area (Å²) in [5, 5.41) is 3.38. The molecule has 0 atom stereocenters.